The quantitative estimate of drug-likeness (QED) is 0.709. The zero-order valence-corrected chi connectivity index (χ0v) is 15.1. The van der Waals surface area contributed by atoms with Crippen molar-refractivity contribution in [3.8, 4) is 11.4 Å². The van der Waals surface area contributed by atoms with E-state index in [-0.39, 0.29) is 0 Å². The molecule has 3 aromatic rings. The largest absolute Gasteiger partial charge is 0.497 e. The lowest BCUT2D eigenvalue weighted by Gasteiger charge is -2.35. The highest BCUT2D eigenvalue weighted by Gasteiger charge is 2.21. The Morgan fingerprint density at radius 2 is 1.77 bits per heavy atom. The van der Waals surface area contributed by atoms with Crippen LogP contribution in [0.5, 0.6) is 5.75 Å². The Bertz CT molecular complexity index is 838. The summed E-state index contributed by atoms with van der Waals surface area (Å²) in [6, 6.07) is 18.8. The predicted octanol–water partition coefficient (Wildman–Crippen LogP) is 3.20. The molecule has 0 aliphatic carbocycles. The fourth-order valence-electron chi connectivity index (χ4n) is 3.44. The topological polar surface area (TPSA) is 33.5 Å². The molecule has 1 aliphatic rings. The van der Waals surface area contributed by atoms with Crippen LogP contribution >= 0.6 is 0 Å². The number of ether oxygens (including phenoxy) is 1. The van der Waals surface area contributed by atoms with Crippen molar-refractivity contribution in [3.63, 3.8) is 0 Å². The number of imidazole rings is 1. The van der Waals surface area contributed by atoms with Crippen LogP contribution in [0, 0.1) is 0 Å². The predicted molar refractivity (Wildman–Crippen MR) is 104 cm³/mol. The number of hydrogen-bond acceptors (Lipinski definition) is 4. The number of aromatic nitrogens is 2. The van der Waals surface area contributed by atoms with Crippen molar-refractivity contribution in [2.45, 2.75) is 6.54 Å². The van der Waals surface area contributed by atoms with Gasteiger partial charge in [-0.15, -0.1) is 0 Å². The van der Waals surface area contributed by atoms with Crippen LogP contribution in [0.3, 0.4) is 0 Å². The van der Waals surface area contributed by atoms with Crippen molar-refractivity contribution in [1.82, 2.24) is 14.5 Å². The monoisotopic (exact) mass is 348 g/mol. The van der Waals surface area contributed by atoms with Gasteiger partial charge in [0.05, 0.1) is 12.8 Å². The molecule has 0 spiro atoms. The van der Waals surface area contributed by atoms with E-state index in [0.29, 0.717) is 0 Å². The van der Waals surface area contributed by atoms with E-state index in [1.165, 1.54) is 5.56 Å². The van der Waals surface area contributed by atoms with Crippen molar-refractivity contribution in [2.24, 2.45) is 0 Å². The Balaban J connectivity index is 1.44. The zero-order chi connectivity index (χ0) is 17.8. The van der Waals surface area contributed by atoms with Crippen LogP contribution in [0.1, 0.15) is 5.56 Å². The maximum atomic E-state index is 5.35. The first-order chi connectivity index (χ1) is 12.8. The molecule has 0 amide bonds. The van der Waals surface area contributed by atoms with Crippen LogP contribution < -0.4 is 9.64 Å². The molecule has 0 radical (unpaired) electrons. The summed E-state index contributed by atoms with van der Waals surface area (Å²) < 4.78 is 7.49. The molecule has 0 unspecified atom stereocenters. The van der Waals surface area contributed by atoms with Gasteiger partial charge in [-0.3, -0.25) is 9.47 Å². The molecule has 0 N–H and O–H groups in total. The second-order valence-electron chi connectivity index (χ2n) is 6.55. The van der Waals surface area contributed by atoms with Gasteiger partial charge in [0.2, 0.25) is 5.95 Å². The molecule has 0 saturated carbocycles. The van der Waals surface area contributed by atoms with Crippen molar-refractivity contribution < 1.29 is 4.74 Å². The van der Waals surface area contributed by atoms with E-state index in [1.807, 2.05) is 30.6 Å². The third-order valence-electron chi connectivity index (χ3n) is 4.86. The number of piperazine rings is 1. The zero-order valence-electron chi connectivity index (χ0n) is 15.1. The van der Waals surface area contributed by atoms with Gasteiger partial charge >= 0.3 is 0 Å². The van der Waals surface area contributed by atoms with E-state index < -0.39 is 0 Å². The van der Waals surface area contributed by atoms with Gasteiger partial charge in [-0.25, -0.2) is 4.98 Å². The number of benzene rings is 2. The highest BCUT2D eigenvalue weighted by molar-refractivity contribution is 5.47. The lowest BCUT2D eigenvalue weighted by atomic mass is 10.2. The average molecular weight is 348 g/mol. The molecule has 2 heterocycles. The molecule has 1 saturated heterocycles. The van der Waals surface area contributed by atoms with E-state index >= 15 is 0 Å². The number of anilines is 1. The Morgan fingerprint density at radius 3 is 2.54 bits per heavy atom. The first-order valence-corrected chi connectivity index (χ1v) is 9.02. The van der Waals surface area contributed by atoms with Gasteiger partial charge in [0.25, 0.3) is 0 Å². The first-order valence-electron chi connectivity index (χ1n) is 9.02. The number of nitrogens with zero attached hydrogens (tertiary/aromatic N) is 4. The van der Waals surface area contributed by atoms with Crippen molar-refractivity contribution in [1.29, 1.82) is 0 Å². The third kappa shape index (κ3) is 3.58. The fraction of sp³-hybridized carbons (Fsp3) is 0.286. The van der Waals surface area contributed by atoms with E-state index in [4.69, 9.17) is 4.74 Å². The highest BCUT2D eigenvalue weighted by Crippen LogP contribution is 2.23. The third-order valence-corrected chi connectivity index (χ3v) is 4.86. The van der Waals surface area contributed by atoms with Gasteiger partial charge in [0.1, 0.15) is 5.75 Å². The van der Waals surface area contributed by atoms with Gasteiger partial charge in [-0.2, -0.15) is 0 Å². The van der Waals surface area contributed by atoms with Gasteiger partial charge in [-0.05, 0) is 17.7 Å². The van der Waals surface area contributed by atoms with Crippen molar-refractivity contribution in [2.75, 3.05) is 38.2 Å². The Kier molecular flexibility index (Phi) is 4.88. The summed E-state index contributed by atoms with van der Waals surface area (Å²) in [5, 5.41) is 0. The van der Waals surface area contributed by atoms with Gasteiger partial charge in [0, 0.05) is 51.2 Å². The molecular weight excluding hydrogens is 324 g/mol. The summed E-state index contributed by atoms with van der Waals surface area (Å²) in [5.41, 5.74) is 2.45. The van der Waals surface area contributed by atoms with E-state index in [9.17, 15) is 0 Å². The van der Waals surface area contributed by atoms with E-state index in [0.717, 1.165) is 50.1 Å². The molecule has 2 aromatic carbocycles. The summed E-state index contributed by atoms with van der Waals surface area (Å²) in [4.78, 5) is 9.48. The summed E-state index contributed by atoms with van der Waals surface area (Å²) in [6.45, 7) is 5.06. The SMILES string of the molecule is COc1cccc(-n2ccnc2N2CCN(Cc3ccccc3)CC2)c1. The summed E-state index contributed by atoms with van der Waals surface area (Å²) in [6.07, 6.45) is 3.88. The molecule has 5 nitrogen and oxygen atoms in total. The molecule has 1 fully saturated rings. The number of methoxy groups -OCH3 is 1. The van der Waals surface area contributed by atoms with Crippen molar-refractivity contribution >= 4 is 5.95 Å². The molecule has 0 bridgehead atoms. The fourth-order valence-corrected chi connectivity index (χ4v) is 3.44. The standard InChI is InChI=1S/C21H24N4O/c1-26-20-9-5-8-19(16-20)25-11-10-22-21(25)24-14-12-23(13-15-24)17-18-6-3-2-4-7-18/h2-11,16H,12-15,17H2,1H3. The minimum absolute atomic E-state index is 0.856. The molecule has 0 atom stereocenters. The second kappa shape index (κ2) is 7.62. The summed E-state index contributed by atoms with van der Waals surface area (Å²) >= 11 is 0. The van der Waals surface area contributed by atoms with Gasteiger partial charge < -0.3 is 9.64 Å². The summed E-state index contributed by atoms with van der Waals surface area (Å²) in [7, 11) is 1.69. The highest BCUT2D eigenvalue weighted by atomic mass is 16.5. The maximum absolute atomic E-state index is 5.35. The summed E-state index contributed by atoms with van der Waals surface area (Å²) in [5.74, 6) is 1.85. The second-order valence-corrected chi connectivity index (χ2v) is 6.55. The first kappa shape index (κ1) is 16.7. The number of hydrogen-bond donors (Lipinski definition) is 0. The van der Waals surface area contributed by atoms with Crippen LogP contribution in [0.25, 0.3) is 5.69 Å². The van der Waals surface area contributed by atoms with Crippen LogP contribution in [-0.4, -0.2) is 47.7 Å². The molecule has 4 rings (SSSR count). The minimum Gasteiger partial charge on any atom is -0.497 e. The molecule has 5 heteroatoms. The van der Waals surface area contributed by atoms with E-state index in [2.05, 4.69) is 55.7 Å². The Morgan fingerprint density at radius 1 is 0.962 bits per heavy atom. The van der Waals surface area contributed by atoms with Crippen molar-refractivity contribution in [3.05, 3.63) is 72.6 Å². The molecular formula is C21H24N4O. The van der Waals surface area contributed by atoms with E-state index in [1.54, 1.807) is 7.11 Å². The minimum atomic E-state index is 0.856. The lowest BCUT2D eigenvalue weighted by Crippen LogP contribution is -2.46. The van der Waals surface area contributed by atoms with Gasteiger partial charge in [-0.1, -0.05) is 36.4 Å². The number of rotatable bonds is 5. The molecule has 134 valence electrons. The molecule has 1 aliphatic heterocycles. The smallest absolute Gasteiger partial charge is 0.210 e. The molecule has 1 aromatic heterocycles. The van der Waals surface area contributed by atoms with Crippen LogP contribution in [0.15, 0.2) is 67.0 Å². The maximum Gasteiger partial charge on any atom is 0.210 e. The Labute approximate surface area is 154 Å². The molecule has 26 heavy (non-hydrogen) atoms. The lowest BCUT2D eigenvalue weighted by molar-refractivity contribution is 0.248. The van der Waals surface area contributed by atoms with Crippen LogP contribution in [0.2, 0.25) is 0 Å². The van der Waals surface area contributed by atoms with Crippen LogP contribution in [0.4, 0.5) is 5.95 Å². The normalized spacial score (nSPS) is 15.2. The van der Waals surface area contributed by atoms with Gasteiger partial charge in [0.15, 0.2) is 0 Å². The average Bonchev–Trinajstić information content (AvgIpc) is 3.19. The van der Waals surface area contributed by atoms with Crippen LogP contribution in [-0.2, 0) is 6.54 Å². The Hall–Kier alpha value is -2.79.